The minimum atomic E-state index is 0. The molecule has 20 heavy (non-hydrogen) atoms. The van der Waals surface area contributed by atoms with Gasteiger partial charge >= 0.3 is 0 Å². The molecule has 5 heteroatoms. The fourth-order valence-corrected chi connectivity index (χ4v) is 3.14. The molecule has 0 aromatic carbocycles. The van der Waals surface area contributed by atoms with Gasteiger partial charge in [0.05, 0.1) is 6.10 Å². The van der Waals surface area contributed by atoms with Gasteiger partial charge in [-0.15, -0.1) is 12.4 Å². The third kappa shape index (κ3) is 6.72. The SMILES string of the molecule is COCCCOC1CCN(CC2CCNCC2)CC1.Cl. The normalized spacial score (nSPS) is 22.6. The Kier molecular flexibility index (Phi) is 9.82. The molecule has 2 fully saturated rings. The van der Waals surface area contributed by atoms with Crippen molar-refractivity contribution in [3.05, 3.63) is 0 Å². The summed E-state index contributed by atoms with van der Waals surface area (Å²) in [6, 6.07) is 0. The summed E-state index contributed by atoms with van der Waals surface area (Å²) < 4.78 is 10.9. The topological polar surface area (TPSA) is 33.7 Å². The van der Waals surface area contributed by atoms with Crippen molar-refractivity contribution in [3.8, 4) is 0 Å². The van der Waals surface area contributed by atoms with E-state index in [9.17, 15) is 0 Å². The van der Waals surface area contributed by atoms with Crippen LogP contribution in [0.3, 0.4) is 0 Å². The van der Waals surface area contributed by atoms with Crippen molar-refractivity contribution in [1.29, 1.82) is 0 Å². The predicted octanol–water partition coefficient (Wildman–Crippen LogP) is 1.93. The number of hydrogen-bond donors (Lipinski definition) is 1. The summed E-state index contributed by atoms with van der Waals surface area (Å²) in [7, 11) is 1.75. The molecule has 2 rings (SSSR count). The van der Waals surface area contributed by atoms with Crippen LogP contribution in [0.15, 0.2) is 0 Å². The monoisotopic (exact) mass is 306 g/mol. The Labute approximate surface area is 130 Å². The Morgan fingerprint density at radius 2 is 1.75 bits per heavy atom. The summed E-state index contributed by atoms with van der Waals surface area (Å²) in [6.45, 7) is 7.84. The second-order valence-corrected chi connectivity index (χ2v) is 5.91. The number of likely N-dealkylation sites (tertiary alicyclic amines) is 1. The number of hydrogen-bond acceptors (Lipinski definition) is 4. The van der Waals surface area contributed by atoms with Crippen LogP contribution >= 0.6 is 12.4 Å². The summed E-state index contributed by atoms with van der Waals surface area (Å²) in [5, 5.41) is 3.44. The van der Waals surface area contributed by atoms with Crippen molar-refractivity contribution >= 4 is 12.4 Å². The molecule has 2 aliphatic rings. The fourth-order valence-electron chi connectivity index (χ4n) is 3.14. The van der Waals surface area contributed by atoms with E-state index < -0.39 is 0 Å². The number of methoxy groups -OCH3 is 1. The maximum atomic E-state index is 5.91. The van der Waals surface area contributed by atoms with Crippen LogP contribution in [0.5, 0.6) is 0 Å². The molecule has 0 aliphatic carbocycles. The van der Waals surface area contributed by atoms with Crippen LogP contribution in [0.1, 0.15) is 32.1 Å². The number of nitrogens with zero attached hydrogens (tertiary/aromatic N) is 1. The second-order valence-electron chi connectivity index (χ2n) is 5.91. The molecule has 0 spiro atoms. The maximum absolute atomic E-state index is 5.91. The Morgan fingerprint density at radius 1 is 1.05 bits per heavy atom. The van der Waals surface area contributed by atoms with Gasteiger partial charge in [-0.2, -0.15) is 0 Å². The predicted molar refractivity (Wildman–Crippen MR) is 84.7 cm³/mol. The second kappa shape index (κ2) is 10.8. The van der Waals surface area contributed by atoms with E-state index in [0.29, 0.717) is 6.10 Å². The standard InChI is InChI=1S/C15H30N2O2.ClH/c1-18-11-2-12-19-15-5-9-17(10-6-15)13-14-3-7-16-8-4-14;/h14-16H,2-13H2,1H3;1H. The largest absolute Gasteiger partial charge is 0.385 e. The Balaban J connectivity index is 0.00000200. The quantitative estimate of drug-likeness (QED) is 0.729. The van der Waals surface area contributed by atoms with Crippen LogP contribution < -0.4 is 5.32 Å². The lowest BCUT2D eigenvalue weighted by atomic mass is 9.96. The first kappa shape index (κ1) is 18.2. The van der Waals surface area contributed by atoms with Gasteiger partial charge in [-0.05, 0) is 51.1 Å². The van der Waals surface area contributed by atoms with Gasteiger partial charge in [-0.3, -0.25) is 0 Å². The van der Waals surface area contributed by atoms with Crippen LogP contribution in [0.4, 0.5) is 0 Å². The van der Waals surface area contributed by atoms with Crippen LogP contribution in [0.25, 0.3) is 0 Å². The summed E-state index contributed by atoms with van der Waals surface area (Å²) in [5.74, 6) is 0.917. The molecule has 0 aromatic rings. The van der Waals surface area contributed by atoms with Crippen molar-refractivity contribution < 1.29 is 9.47 Å². The smallest absolute Gasteiger partial charge is 0.0599 e. The zero-order chi connectivity index (χ0) is 13.3. The summed E-state index contributed by atoms with van der Waals surface area (Å²) in [5.41, 5.74) is 0. The van der Waals surface area contributed by atoms with Crippen LogP contribution in [-0.2, 0) is 9.47 Å². The van der Waals surface area contributed by atoms with Gasteiger partial charge in [0.15, 0.2) is 0 Å². The average Bonchev–Trinajstić information content (AvgIpc) is 2.46. The fraction of sp³-hybridized carbons (Fsp3) is 1.00. The summed E-state index contributed by atoms with van der Waals surface area (Å²) in [6.07, 6.45) is 6.63. The van der Waals surface area contributed by atoms with Gasteiger partial charge in [-0.25, -0.2) is 0 Å². The number of halogens is 1. The van der Waals surface area contributed by atoms with E-state index in [1.165, 1.54) is 58.4 Å². The molecule has 0 bridgehead atoms. The number of ether oxygens (including phenoxy) is 2. The highest BCUT2D eigenvalue weighted by Gasteiger charge is 2.22. The van der Waals surface area contributed by atoms with Crippen molar-refractivity contribution in [2.24, 2.45) is 5.92 Å². The van der Waals surface area contributed by atoms with Crippen molar-refractivity contribution in [1.82, 2.24) is 10.2 Å². The number of piperidine rings is 2. The molecular formula is C15H31ClN2O2. The molecule has 2 saturated heterocycles. The van der Waals surface area contributed by atoms with Crippen molar-refractivity contribution in [2.75, 3.05) is 53.0 Å². The van der Waals surface area contributed by atoms with E-state index in [0.717, 1.165) is 25.6 Å². The minimum absolute atomic E-state index is 0. The first-order valence-electron chi connectivity index (χ1n) is 7.92. The van der Waals surface area contributed by atoms with E-state index in [4.69, 9.17) is 9.47 Å². The van der Waals surface area contributed by atoms with Crippen molar-refractivity contribution in [2.45, 2.75) is 38.2 Å². The van der Waals surface area contributed by atoms with Gasteiger partial charge in [0.25, 0.3) is 0 Å². The van der Waals surface area contributed by atoms with Crippen molar-refractivity contribution in [3.63, 3.8) is 0 Å². The third-order valence-electron chi connectivity index (χ3n) is 4.36. The van der Waals surface area contributed by atoms with Crippen LogP contribution in [0.2, 0.25) is 0 Å². The first-order valence-corrected chi connectivity index (χ1v) is 7.92. The van der Waals surface area contributed by atoms with E-state index in [1.807, 2.05) is 0 Å². The van der Waals surface area contributed by atoms with Gasteiger partial charge in [0.1, 0.15) is 0 Å². The van der Waals surface area contributed by atoms with Crippen LogP contribution in [0, 0.1) is 5.92 Å². The molecule has 2 heterocycles. The van der Waals surface area contributed by atoms with E-state index >= 15 is 0 Å². The molecule has 2 aliphatic heterocycles. The number of rotatable bonds is 7. The molecule has 0 atom stereocenters. The lowest BCUT2D eigenvalue weighted by Crippen LogP contribution is -2.42. The van der Waals surface area contributed by atoms with Gasteiger partial charge in [0, 0.05) is 40.0 Å². The average molecular weight is 307 g/mol. The van der Waals surface area contributed by atoms with Gasteiger partial charge < -0.3 is 19.7 Å². The number of nitrogens with one attached hydrogen (secondary N) is 1. The minimum Gasteiger partial charge on any atom is -0.385 e. The Hall–Kier alpha value is 0.130. The van der Waals surface area contributed by atoms with Gasteiger partial charge in [0.2, 0.25) is 0 Å². The molecule has 0 aromatic heterocycles. The highest BCUT2D eigenvalue weighted by atomic mass is 35.5. The van der Waals surface area contributed by atoms with E-state index in [-0.39, 0.29) is 12.4 Å². The molecule has 120 valence electrons. The van der Waals surface area contributed by atoms with E-state index in [1.54, 1.807) is 7.11 Å². The summed E-state index contributed by atoms with van der Waals surface area (Å²) >= 11 is 0. The first-order chi connectivity index (χ1) is 9.38. The highest BCUT2D eigenvalue weighted by molar-refractivity contribution is 5.85. The molecule has 0 radical (unpaired) electrons. The Morgan fingerprint density at radius 3 is 2.40 bits per heavy atom. The zero-order valence-electron chi connectivity index (χ0n) is 12.8. The lowest BCUT2D eigenvalue weighted by molar-refractivity contribution is -0.00318. The van der Waals surface area contributed by atoms with Gasteiger partial charge in [-0.1, -0.05) is 0 Å². The highest BCUT2D eigenvalue weighted by Crippen LogP contribution is 2.18. The Bertz CT molecular complexity index is 230. The summed E-state index contributed by atoms with van der Waals surface area (Å²) in [4.78, 5) is 2.64. The molecule has 0 saturated carbocycles. The molecule has 0 unspecified atom stereocenters. The van der Waals surface area contributed by atoms with E-state index in [2.05, 4.69) is 10.2 Å². The third-order valence-corrected chi connectivity index (χ3v) is 4.36. The maximum Gasteiger partial charge on any atom is 0.0599 e. The van der Waals surface area contributed by atoms with Crippen LogP contribution in [-0.4, -0.2) is 64.1 Å². The molecule has 4 nitrogen and oxygen atoms in total. The molecule has 0 amide bonds. The zero-order valence-corrected chi connectivity index (χ0v) is 13.6. The lowest BCUT2D eigenvalue weighted by Gasteiger charge is -2.35. The molecule has 1 N–H and O–H groups in total. The molecular weight excluding hydrogens is 276 g/mol.